The van der Waals surface area contributed by atoms with Crippen LogP contribution in [0.5, 0.6) is 0 Å². The Bertz CT molecular complexity index is 2940. The summed E-state index contributed by atoms with van der Waals surface area (Å²) in [6.45, 7) is 8.27. The molecule has 2 heterocycles. The van der Waals surface area contributed by atoms with Gasteiger partial charge in [0.15, 0.2) is 0 Å². The normalized spacial score (nSPS) is 12.5. The van der Waals surface area contributed by atoms with E-state index < -0.39 is 18.1 Å². The SMILES string of the molecule is [2H]c1c([2H])c([2H])c(N(c2cccc(-c3nc4ccccc4nc3-c3c(C)cccc3C)c2)c2cccc(-c3nc4ccccc4nc3-c3c(C)cccc3C)c2)c([2H])c1[2H]. The first-order valence-electron chi connectivity index (χ1n) is 20.7. The van der Waals surface area contributed by atoms with Crippen LogP contribution in [0.15, 0.2) is 164 Å². The lowest BCUT2D eigenvalue weighted by molar-refractivity contribution is 1.25. The number of para-hydroxylation sites is 5. The average molecular weight is 715 g/mol. The van der Waals surface area contributed by atoms with E-state index >= 15 is 0 Å². The second-order valence-corrected chi connectivity index (χ2v) is 13.8. The molecule has 0 unspecified atom stereocenters. The van der Waals surface area contributed by atoms with Crippen LogP contribution in [0.3, 0.4) is 0 Å². The maximum absolute atomic E-state index is 9.21. The zero-order chi connectivity index (χ0) is 41.8. The van der Waals surface area contributed by atoms with Crippen molar-refractivity contribution in [3.63, 3.8) is 0 Å². The fourth-order valence-corrected chi connectivity index (χ4v) is 7.47. The first-order valence-corrected chi connectivity index (χ1v) is 18.2. The molecule has 0 atom stereocenters. The van der Waals surface area contributed by atoms with Gasteiger partial charge >= 0.3 is 0 Å². The van der Waals surface area contributed by atoms with Crippen molar-refractivity contribution in [2.24, 2.45) is 0 Å². The van der Waals surface area contributed by atoms with Gasteiger partial charge in [0.1, 0.15) is 0 Å². The molecule has 5 heteroatoms. The van der Waals surface area contributed by atoms with Crippen LogP contribution in [-0.2, 0) is 0 Å². The van der Waals surface area contributed by atoms with Crippen LogP contribution in [0.1, 0.15) is 29.1 Å². The minimum atomic E-state index is -0.467. The van der Waals surface area contributed by atoms with E-state index in [0.29, 0.717) is 22.8 Å². The molecule has 55 heavy (non-hydrogen) atoms. The Morgan fingerprint density at radius 2 is 0.745 bits per heavy atom. The third kappa shape index (κ3) is 6.30. The van der Waals surface area contributed by atoms with Crippen molar-refractivity contribution >= 4 is 39.1 Å². The number of aromatic nitrogens is 4. The van der Waals surface area contributed by atoms with Crippen molar-refractivity contribution in [3.8, 4) is 45.0 Å². The Balaban J connectivity index is 1.30. The summed E-state index contributed by atoms with van der Waals surface area (Å²) in [5.41, 5.74) is 14.6. The largest absolute Gasteiger partial charge is 0.310 e. The Hall–Kier alpha value is -6.98. The summed E-state index contributed by atoms with van der Waals surface area (Å²) >= 11 is 0. The Morgan fingerprint density at radius 1 is 0.382 bits per heavy atom. The Morgan fingerprint density at radius 3 is 1.15 bits per heavy atom. The van der Waals surface area contributed by atoms with E-state index in [0.717, 1.165) is 78.0 Å². The zero-order valence-corrected chi connectivity index (χ0v) is 30.9. The fourth-order valence-electron chi connectivity index (χ4n) is 7.47. The Kier molecular flexibility index (Phi) is 7.31. The molecule has 0 saturated heterocycles. The van der Waals surface area contributed by atoms with Gasteiger partial charge in [-0.05, 0) is 111 Å². The first kappa shape index (κ1) is 28.5. The van der Waals surface area contributed by atoms with Crippen LogP contribution < -0.4 is 4.90 Å². The van der Waals surface area contributed by atoms with Gasteiger partial charge in [0.25, 0.3) is 0 Å². The molecule has 9 rings (SSSR count). The molecule has 0 spiro atoms. The van der Waals surface area contributed by atoms with Gasteiger partial charge < -0.3 is 4.90 Å². The molecule has 5 nitrogen and oxygen atoms in total. The van der Waals surface area contributed by atoms with Crippen LogP contribution in [0.25, 0.3) is 67.1 Å². The number of rotatable bonds is 7. The quantitative estimate of drug-likeness (QED) is 0.164. The highest BCUT2D eigenvalue weighted by Crippen LogP contribution is 2.42. The Labute approximate surface area is 328 Å². The fraction of sp³-hybridized carbons (Fsp3) is 0.0800. The molecular weight excluding hydrogens is 671 g/mol. The molecule has 0 amide bonds. The van der Waals surface area contributed by atoms with E-state index in [1.807, 2.05) is 109 Å². The van der Waals surface area contributed by atoms with E-state index in [4.69, 9.17) is 24.0 Å². The lowest BCUT2D eigenvalue weighted by Gasteiger charge is -2.26. The third-order valence-electron chi connectivity index (χ3n) is 10.0. The summed E-state index contributed by atoms with van der Waals surface area (Å²) in [4.78, 5) is 22.5. The summed E-state index contributed by atoms with van der Waals surface area (Å²) in [5.74, 6) is 0. The van der Waals surface area contributed by atoms with E-state index in [-0.39, 0.29) is 17.8 Å². The molecule has 0 saturated carbocycles. The maximum atomic E-state index is 9.21. The predicted molar refractivity (Wildman–Crippen MR) is 228 cm³/mol. The molecule has 9 aromatic rings. The van der Waals surface area contributed by atoms with Gasteiger partial charge in [-0.1, -0.05) is 103 Å². The number of anilines is 3. The van der Waals surface area contributed by atoms with Gasteiger partial charge in [-0.2, -0.15) is 0 Å². The molecule has 7 aromatic carbocycles. The van der Waals surface area contributed by atoms with Gasteiger partial charge in [0.05, 0.1) is 51.7 Å². The number of nitrogens with zero attached hydrogens (tertiary/aromatic N) is 5. The molecule has 0 aliphatic rings. The van der Waals surface area contributed by atoms with Gasteiger partial charge in [-0.25, -0.2) is 19.9 Å². The number of fused-ring (bicyclic) bond motifs is 2. The summed E-state index contributed by atoms with van der Waals surface area (Å²) in [6, 6.07) is 41.3. The van der Waals surface area contributed by atoms with E-state index in [9.17, 15) is 2.74 Å². The van der Waals surface area contributed by atoms with Crippen molar-refractivity contribution in [2.75, 3.05) is 4.90 Å². The number of hydrogen-bond donors (Lipinski definition) is 0. The van der Waals surface area contributed by atoms with Crippen molar-refractivity contribution in [1.29, 1.82) is 0 Å². The molecule has 0 aliphatic carbocycles. The second kappa shape index (κ2) is 14.1. The average Bonchev–Trinajstić information content (AvgIpc) is 3.26. The zero-order valence-electron chi connectivity index (χ0n) is 35.9. The molecule has 0 aliphatic heterocycles. The van der Waals surface area contributed by atoms with E-state index in [2.05, 4.69) is 52.0 Å². The van der Waals surface area contributed by atoms with Gasteiger partial charge in [-0.3, -0.25) is 0 Å². The summed E-state index contributed by atoms with van der Waals surface area (Å²) in [7, 11) is 0. The number of aryl methyl sites for hydroxylation is 4. The monoisotopic (exact) mass is 714 g/mol. The van der Waals surface area contributed by atoms with Crippen molar-refractivity contribution < 1.29 is 6.85 Å². The minimum absolute atomic E-state index is 0.00874. The molecule has 0 bridgehead atoms. The van der Waals surface area contributed by atoms with E-state index in [1.165, 1.54) is 0 Å². The highest BCUT2D eigenvalue weighted by Gasteiger charge is 2.21. The van der Waals surface area contributed by atoms with Crippen LogP contribution >= 0.6 is 0 Å². The molecular formula is C50H39N5. The summed E-state index contributed by atoms with van der Waals surface area (Å²) in [5, 5.41) is 0. The standard InChI is InChI=1S/C50H39N5/c1-32-16-12-17-33(2)45(32)49-47(51-41-26-8-10-28-43(41)53-49)36-20-14-24-39(30-36)55(38-22-6-5-7-23-38)40-25-15-21-37(31-40)48-50(46-34(3)18-13-19-35(46)4)54-44-29-11-9-27-42(44)52-48/h5-31H,1-4H3/i5D,6D,7D,22D,23D. The molecule has 0 N–H and O–H groups in total. The second-order valence-electron chi connectivity index (χ2n) is 13.8. The lowest BCUT2D eigenvalue weighted by atomic mass is 9.95. The van der Waals surface area contributed by atoms with Crippen LogP contribution in [0.2, 0.25) is 0 Å². The van der Waals surface area contributed by atoms with Crippen molar-refractivity contribution in [1.82, 2.24) is 19.9 Å². The van der Waals surface area contributed by atoms with E-state index in [1.54, 1.807) is 4.90 Å². The molecule has 0 radical (unpaired) electrons. The van der Waals surface area contributed by atoms with Crippen LogP contribution in [-0.4, -0.2) is 19.9 Å². The van der Waals surface area contributed by atoms with Gasteiger partial charge in [-0.15, -0.1) is 0 Å². The highest BCUT2D eigenvalue weighted by molar-refractivity contribution is 5.92. The number of hydrogen-bond acceptors (Lipinski definition) is 5. The van der Waals surface area contributed by atoms with Gasteiger partial charge in [0.2, 0.25) is 0 Å². The molecule has 264 valence electrons. The van der Waals surface area contributed by atoms with Crippen LogP contribution in [0, 0.1) is 27.7 Å². The third-order valence-corrected chi connectivity index (χ3v) is 10.0. The lowest BCUT2D eigenvalue weighted by Crippen LogP contribution is -2.10. The minimum Gasteiger partial charge on any atom is -0.310 e. The smallest absolute Gasteiger partial charge is 0.0978 e. The van der Waals surface area contributed by atoms with Gasteiger partial charge in [0, 0.05) is 39.3 Å². The maximum Gasteiger partial charge on any atom is 0.0978 e. The highest BCUT2D eigenvalue weighted by atomic mass is 15.1. The van der Waals surface area contributed by atoms with Crippen molar-refractivity contribution in [2.45, 2.75) is 27.7 Å². The molecule has 0 fully saturated rings. The molecule has 2 aromatic heterocycles. The van der Waals surface area contributed by atoms with Crippen LogP contribution in [0.4, 0.5) is 17.1 Å². The van der Waals surface area contributed by atoms with Crippen molar-refractivity contribution in [3.05, 3.63) is 186 Å². The topological polar surface area (TPSA) is 54.8 Å². The first-order chi connectivity index (χ1) is 29.0. The number of benzene rings is 7. The predicted octanol–water partition coefficient (Wildman–Crippen LogP) is 12.9. The summed E-state index contributed by atoms with van der Waals surface area (Å²) < 4.78 is 44.3. The summed E-state index contributed by atoms with van der Waals surface area (Å²) in [6.07, 6.45) is 0.